The second kappa shape index (κ2) is 7.59. The molecule has 2 aromatic rings. The number of thiazole rings is 1. The molecule has 0 spiro atoms. The Labute approximate surface area is 133 Å². The summed E-state index contributed by atoms with van der Waals surface area (Å²) >= 11 is 3.28. The molecule has 2 rings (SSSR count). The van der Waals surface area contributed by atoms with Gasteiger partial charge < -0.3 is 10.6 Å². The number of nitrogens with zero attached hydrogens (tertiary/aromatic N) is 1. The van der Waals surface area contributed by atoms with E-state index in [1.54, 1.807) is 23.1 Å². The molecule has 0 saturated heterocycles. The Morgan fingerprint density at radius 1 is 1.38 bits per heavy atom. The van der Waals surface area contributed by atoms with E-state index in [1.807, 2.05) is 50.5 Å². The molecule has 0 aliphatic carbocycles. The number of amides is 1. The third-order valence-electron chi connectivity index (χ3n) is 2.88. The predicted molar refractivity (Wildman–Crippen MR) is 89.1 cm³/mol. The molecule has 0 saturated carbocycles. The maximum atomic E-state index is 11.9. The zero-order valence-electron chi connectivity index (χ0n) is 12.3. The fourth-order valence-electron chi connectivity index (χ4n) is 1.75. The standard InChI is InChI=1S/C15H19N3OS2/c1-10(8-16-3)14(19)18-12-4-6-13(7-5-12)21-15-17-11(2)9-20-15/h4-7,9-10,16H,8H2,1-3H3,(H,18,19). The molecule has 6 heteroatoms. The highest BCUT2D eigenvalue weighted by molar-refractivity contribution is 8.01. The Kier molecular flexibility index (Phi) is 5.78. The SMILES string of the molecule is CNCC(C)C(=O)Nc1ccc(Sc2nc(C)cs2)cc1. The second-order valence-electron chi connectivity index (χ2n) is 4.83. The van der Waals surface area contributed by atoms with E-state index in [9.17, 15) is 4.79 Å². The molecule has 2 N–H and O–H groups in total. The van der Waals surface area contributed by atoms with E-state index in [2.05, 4.69) is 15.6 Å². The molecule has 1 heterocycles. The lowest BCUT2D eigenvalue weighted by Crippen LogP contribution is -2.28. The van der Waals surface area contributed by atoms with Crippen LogP contribution in [0.4, 0.5) is 5.69 Å². The first-order chi connectivity index (χ1) is 10.1. The van der Waals surface area contributed by atoms with Gasteiger partial charge in [-0.2, -0.15) is 0 Å². The Hall–Kier alpha value is -1.37. The molecular formula is C15H19N3OS2. The van der Waals surface area contributed by atoms with E-state index in [-0.39, 0.29) is 11.8 Å². The number of nitrogens with one attached hydrogen (secondary N) is 2. The van der Waals surface area contributed by atoms with E-state index in [0.717, 1.165) is 20.6 Å². The van der Waals surface area contributed by atoms with Crippen molar-refractivity contribution < 1.29 is 4.79 Å². The van der Waals surface area contributed by atoms with E-state index in [0.29, 0.717) is 6.54 Å². The van der Waals surface area contributed by atoms with Crippen LogP contribution in [0.2, 0.25) is 0 Å². The molecule has 0 radical (unpaired) electrons. The molecule has 1 aromatic heterocycles. The molecule has 0 fully saturated rings. The van der Waals surface area contributed by atoms with Crippen LogP contribution in [0.1, 0.15) is 12.6 Å². The third-order valence-corrected chi connectivity index (χ3v) is 4.95. The molecule has 0 bridgehead atoms. The number of carbonyl (C=O) groups is 1. The summed E-state index contributed by atoms with van der Waals surface area (Å²) in [6.45, 7) is 4.57. The maximum absolute atomic E-state index is 11.9. The molecule has 0 aliphatic heterocycles. The molecule has 1 unspecified atom stereocenters. The zero-order valence-corrected chi connectivity index (χ0v) is 14.0. The molecule has 1 amide bonds. The number of aryl methyl sites for hydroxylation is 1. The highest BCUT2D eigenvalue weighted by Crippen LogP contribution is 2.30. The lowest BCUT2D eigenvalue weighted by Gasteiger charge is -2.11. The summed E-state index contributed by atoms with van der Waals surface area (Å²) in [6, 6.07) is 7.85. The van der Waals surface area contributed by atoms with Crippen LogP contribution in [-0.2, 0) is 4.79 Å². The van der Waals surface area contributed by atoms with Crippen molar-refractivity contribution in [1.29, 1.82) is 0 Å². The molecule has 1 atom stereocenters. The lowest BCUT2D eigenvalue weighted by molar-refractivity contribution is -0.119. The van der Waals surface area contributed by atoms with Crippen molar-refractivity contribution in [3.05, 3.63) is 35.3 Å². The van der Waals surface area contributed by atoms with Crippen LogP contribution in [0.15, 0.2) is 38.9 Å². The predicted octanol–water partition coefficient (Wildman–Crippen LogP) is 3.40. The monoisotopic (exact) mass is 321 g/mol. The molecule has 1 aromatic carbocycles. The number of carbonyl (C=O) groups excluding carboxylic acids is 1. The first kappa shape index (κ1) is 16.0. The van der Waals surface area contributed by atoms with Crippen molar-refractivity contribution in [1.82, 2.24) is 10.3 Å². The number of hydrogen-bond acceptors (Lipinski definition) is 5. The molecule has 112 valence electrons. The van der Waals surface area contributed by atoms with Crippen molar-refractivity contribution in [2.45, 2.75) is 23.1 Å². The zero-order chi connectivity index (χ0) is 15.2. The van der Waals surface area contributed by atoms with E-state index in [1.165, 1.54) is 0 Å². The van der Waals surface area contributed by atoms with Crippen LogP contribution < -0.4 is 10.6 Å². The topological polar surface area (TPSA) is 54.0 Å². The van der Waals surface area contributed by atoms with Crippen molar-refractivity contribution in [3.8, 4) is 0 Å². The normalized spacial score (nSPS) is 12.1. The summed E-state index contributed by atoms with van der Waals surface area (Å²) in [7, 11) is 1.84. The number of aromatic nitrogens is 1. The summed E-state index contributed by atoms with van der Waals surface area (Å²) < 4.78 is 1.03. The van der Waals surface area contributed by atoms with Gasteiger partial charge in [0.1, 0.15) is 0 Å². The number of hydrogen-bond donors (Lipinski definition) is 2. The van der Waals surface area contributed by atoms with Crippen LogP contribution in [0.3, 0.4) is 0 Å². The first-order valence-corrected chi connectivity index (χ1v) is 8.43. The maximum Gasteiger partial charge on any atom is 0.228 e. The summed E-state index contributed by atoms with van der Waals surface area (Å²) in [5.41, 5.74) is 1.87. The summed E-state index contributed by atoms with van der Waals surface area (Å²) in [6.07, 6.45) is 0. The number of benzene rings is 1. The van der Waals surface area contributed by atoms with Gasteiger partial charge in [0.15, 0.2) is 4.34 Å². The van der Waals surface area contributed by atoms with Gasteiger partial charge in [-0.3, -0.25) is 4.79 Å². The largest absolute Gasteiger partial charge is 0.326 e. The van der Waals surface area contributed by atoms with Crippen molar-refractivity contribution >= 4 is 34.7 Å². The van der Waals surface area contributed by atoms with Crippen LogP contribution in [0, 0.1) is 12.8 Å². The summed E-state index contributed by atoms with van der Waals surface area (Å²) in [4.78, 5) is 17.5. The van der Waals surface area contributed by atoms with E-state index >= 15 is 0 Å². The van der Waals surface area contributed by atoms with Crippen molar-refractivity contribution in [3.63, 3.8) is 0 Å². The van der Waals surface area contributed by atoms with E-state index < -0.39 is 0 Å². The van der Waals surface area contributed by atoms with Gasteiger partial charge in [0.05, 0.1) is 0 Å². The van der Waals surface area contributed by atoms with Gasteiger partial charge in [0.2, 0.25) is 5.91 Å². The van der Waals surface area contributed by atoms with Gasteiger partial charge in [0.25, 0.3) is 0 Å². The highest BCUT2D eigenvalue weighted by Gasteiger charge is 2.11. The second-order valence-corrected chi connectivity index (χ2v) is 7.01. The van der Waals surface area contributed by atoms with Gasteiger partial charge >= 0.3 is 0 Å². The Morgan fingerprint density at radius 2 is 2.10 bits per heavy atom. The fraction of sp³-hybridized carbons (Fsp3) is 0.333. The van der Waals surface area contributed by atoms with Crippen molar-refractivity contribution in [2.24, 2.45) is 5.92 Å². The minimum atomic E-state index is -0.0534. The molecule has 0 aliphatic rings. The van der Waals surface area contributed by atoms with Gasteiger partial charge in [-0.15, -0.1) is 11.3 Å². The lowest BCUT2D eigenvalue weighted by atomic mass is 10.1. The van der Waals surface area contributed by atoms with Gasteiger partial charge in [-0.25, -0.2) is 4.98 Å². The Bertz CT molecular complexity index is 595. The quantitative estimate of drug-likeness (QED) is 0.856. The summed E-state index contributed by atoms with van der Waals surface area (Å²) in [5.74, 6) is -0.0253. The molecular weight excluding hydrogens is 302 g/mol. The van der Waals surface area contributed by atoms with Crippen LogP contribution in [0.25, 0.3) is 0 Å². The number of anilines is 1. The minimum Gasteiger partial charge on any atom is -0.326 e. The van der Waals surface area contributed by atoms with E-state index in [4.69, 9.17) is 0 Å². The van der Waals surface area contributed by atoms with Gasteiger partial charge in [-0.05, 0) is 38.2 Å². The van der Waals surface area contributed by atoms with Gasteiger partial charge in [-0.1, -0.05) is 18.7 Å². The minimum absolute atomic E-state index is 0.0281. The third kappa shape index (κ3) is 4.84. The average Bonchev–Trinajstić information content (AvgIpc) is 2.86. The summed E-state index contributed by atoms with van der Waals surface area (Å²) in [5, 5.41) is 7.96. The van der Waals surface area contributed by atoms with Crippen molar-refractivity contribution in [2.75, 3.05) is 18.9 Å². The Balaban J connectivity index is 1.94. The van der Waals surface area contributed by atoms with Crippen LogP contribution in [0.5, 0.6) is 0 Å². The van der Waals surface area contributed by atoms with Gasteiger partial charge in [0, 0.05) is 34.1 Å². The highest BCUT2D eigenvalue weighted by atomic mass is 32.2. The smallest absolute Gasteiger partial charge is 0.228 e. The van der Waals surface area contributed by atoms with Crippen LogP contribution >= 0.6 is 23.1 Å². The Morgan fingerprint density at radius 3 is 2.67 bits per heavy atom. The number of rotatable bonds is 6. The van der Waals surface area contributed by atoms with Crippen LogP contribution in [-0.4, -0.2) is 24.5 Å². The first-order valence-electron chi connectivity index (χ1n) is 6.74. The average molecular weight is 321 g/mol. The fourth-order valence-corrected chi connectivity index (χ4v) is 3.56. The molecule has 4 nitrogen and oxygen atoms in total. The molecule has 21 heavy (non-hydrogen) atoms.